The molecule has 124 valence electrons. The van der Waals surface area contributed by atoms with E-state index in [0.29, 0.717) is 26.9 Å². The number of allylic oxidation sites excluding steroid dienone is 1. The molecule has 0 amide bonds. The first kappa shape index (κ1) is 17.0. The highest BCUT2D eigenvalue weighted by atomic mass is 35.5. The monoisotopic (exact) mass is 362 g/mol. The third kappa shape index (κ3) is 2.94. The number of rotatable bonds is 3. The molecule has 1 aliphatic carbocycles. The van der Waals surface area contributed by atoms with Gasteiger partial charge in [0.25, 0.3) is 6.04 Å². The van der Waals surface area contributed by atoms with Gasteiger partial charge in [0.05, 0.1) is 24.1 Å². The molecule has 3 rings (SSSR count). The van der Waals surface area contributed by atoms with Gasteiger partial charge in [-0.3, -0.25) is 4.99 Å². The smallest absolute Gasteiger partial charge is 0.336 e. The maximum Gasteiger partial charge on any atom is 0.336 e. The van der Waals surface area contributed by atoms with Crippen molar-refractivity contribution in [2.45, 2.75) is 31.7 Å². The van der Waals surface area contributed by atoms with Gasteiger partial charge in [-0.2, -0.15) is 0 Å². The van der Waals surface area contributed by atoms with Crippen LogP contribution < -0.4 is 0 Å². The van der Waals surface area contributed by atoms with Crippen LogP contribution in [0.4, 0.5) is 0 Å². The summed E-state index contributed by atoms with van der Waals surface area (Å²) in [6.45, 7) is 9.43. The van der Waals surface area contributed by atoms with Crippen LogP contribution >= 0.6 is 23.2 Å². The molecule has 0 aromatic heterocycles. The first-order valence-corrected chi connectivity index (χ1v) is 8.42. The van der Waals surface area contributed by atoms with Crippen LogP contribution in [-0.4, -0.2) is 24.8 Å². The fourth-order valence-electron chi connectivity index (χ4n) is 3.13. The Morgan fingerprint density at radius 2 is 2.08 bits per heavy atom. The largest absolute Gasteiger partial charge is 0.466 e. The highest BCUT2D eigenvalue weighted by Crippen LogP contribution is 2.47. The number of nitrogens with zero attached hydrogens (tertiary/aromatic N) is 2. The molecular weight excluding hydrogens is 347 g/mol. The van der Waals surface area contributed by atoms with Crippen molar-refractivity contribution in [3.05, 3.63) is 56.5 Å². The third-order valence-corrected chi connectivity index (χ3v) is 5.00. The summed E-state index contributed by atoms with van der Waals surface area (Å²) in [5.41, 5.74) is 2.61. The van der Waals surface area contributed by atoms with Crippen molar-refractivity contribution >= 4 is 34.9 Å². The second kappa shape index (κ2) is 6.58. The van der Waals surface area contributed by atoms with Gasteiger partial charge in [-0.05, 0) is 37.5 Å². The molecule has 0 bridgehead atoms. The van der Waals surface area contributed by atoms with Crippen molar-refractivity contribution in [3.8, 4) is 0 Å². The standard InChI is InChI=1S/C18H16Cl2N2O2/c1-9-16(21-2)14(12-7-6-11(19)8-13(12)20)15(18(23)24-3)17(22-9)10-4-5-10/h6-8,10,14,16H,4-5H2,1,3H3. The van der Waals surface area contributed by atoms with Crippen LogP contribution in [0.3, 0.4) is 0 Å². The second-order valence-corrected chi connectivity index (χ2v) is 6.88. The van der Waals surface area contributed by atoms with E-state index < -0.39 is 17.9 Å². The summed E-state index contributed by atoms with van der Waals surface area (Å²) in [6, 6.07) is 4.54. The Balaban J connectivity index is 2.23. The molecule has 0 radical (unpaired) electrons. The molecule has 2 unspecified atom stereocenters. The summed E-state index contributed by atoms with van der Waals surface area (Å²) < 4.78 is 5.00. The molecule has 2 atom stereocenters. The van der Waals surface area contributed by atoms with Crippen molar-refractivity contribution in [3.63, 3.8) is 0 Å². The van der Waals surface area contributed by atoms with Gasteiger partial charge in [0.15, 0.2) is 0 Å². The summed E-state index contributed by atoms with van der Waals surface area (Å²) in [4.78, 5) is 20.8. The number of carbonyl (C=O) groups is 1. The van der Waals surface area contributed by atoms with Crippen LogP contribution in [0.1, 0.15) is 31.2 Å². The van der Waals surface area contributed by atoms with Gasteiger partial charge in [-0.25, -0.2) is 11.4 Å². The minimum Gasteiger partial charge on any atom is -0.466 e. The van der Waals surface area contributed by atoms with E-state index in [4.69, 9.17) is 34.5 Å². The number of methoxy groups -OCH3 is 1. The average molecular weight is 363 g/mol. The van der Waals surface area contributed by atoms with Crippen LogP contribution in [0.2, 0.25) is 10.0 Å². The Labute approximate surface area is 150 Å². The molecule has 1 aromatic carbocycles. The van der Waals surface area contributed by atoms with E-state index in [1.54, 1.807) is 18.2 Å². The van der Waals surface area contributed by atoms with Gasteiger partial charge < -0.3 is 9.58 Å². The van der Waals surface area contributed by atoms with E-state index in [2.05, 4.69) is 9.84 Å². The summed E-state index contributed by atoms with van der Waals surface area (Å²) >= 11 is 12.4. The average Bonchev–Trinajstić information content (AvgIpc) is 3.38. The van der Waals surface area contributed by atoms with E-state index in [0.717, 1.165) is 18.5 Å². The SMILES string of the molecule is [C-]#[N+]C1C(C)=NC(C2CC2)=C(C(=O)OC)C1c1ccc(Cl)cc1Cl. The number of halogens is 2. The molecule has 24 heavy (non-hydrogen) atoms. The van der Waals surface area contributed by atoms with Gasteiger partial charge in [0.2, 0.25) is 0 Å². The minimum absolute atomic E-state index is 0.259. The predicted molar refractivity (Wildman–Crippen MR) is 94.5 cm³/mol. The van der Waals surface area contributed by atoms with E-state index in [1.165, 1.54) is 7.11 Å². The maximum absolute atomic E-state index is 12.5. The number of ether oxygens (including phenoxy) is 1. The molecule has 2 aliphatic rings. The van der Waals surface area contributed by atoms with E-state index in [-0.39, 0.29) is 5.92 Å². The minimum atomic E-state index is -0.583. The van der Waals surface area contributed by atoms with Gasteiger partial charge in [-0.15, -0.1) is 0 Å². The summed E-state index contributed by atoms with van der Waals surface area (Å²) in [6.07, 6.45) is 1.99. The normalized spacial score (nSPS) is 23.5. The Morgan fingerprint density at radius 1 is 1.38 bits per heavy atom. The Bertz CT molecular complexity index is 804. The van der Waals surface area contributed by atoms with Crippen molar-refractivity contribution in [1.29, 1.82) is 0 Å². The van der Waals surface area contributed by atoms with Gasteiger partial charge in [0.1, 0.15) is 5.92 Å². The zero-order valence-corrected chi connectivity index (χ0v) is 14.9. The quantitative estimate of drug-likeness (QED) is 0.578. The highest BCUT2D eigenvalue weighted by Gasteiger charge is 2.46. The van der Waals surface area contributed by atoms with Crippen LogP contribution in [0.5, 0.6) is 0 Å². The zero-order chi connectivity index (χ0) is 17.4. The second-order valence-electron chi connectivity index (χ2n) is 6.04. The lowest BCUT2D eigenvalue weighted by molar-refractivity contribution is -0.136. The number of benzene rings is 1. The van der Waals surface area contributed by atoms with Crippen molar-refractivity contribution in [2.24, 2.45) is 10.9 Å². The van der Waals surface area contributed by atoms with Gasteiger partial charge >= 0.3 is 5.97 Å². The maximum atomic E-state index is 12.5. The molecule has 1 saturated carbocycles. The number of carbonyl (C=O) groups excluding carboxylic acids is 1. The molecule has 1 heterocycles. The van der Waals surface area contributed by atoms with E-state index in [9.17, 15) is 4.79 Å². The van der Waals surface area contributed by atoms with Crippen LogP contribution in [-0.2, 0) is 9.53 Å². The lowest BCUT2D eigenvalue weighted by Crippen LogP contribution is -2.33. The van der Waals surface area contributed by atoms with Crippen LogP contribution in [0.15, 0.2) is 34.5 Å². The lowest BCUT2D eigenvalue weighted by atomic mass is 9.79. The lowest BCUT2D eigenvalue weighted by Gasteiger charge is -2.27. The number of hydrogen-bond acceptors (Lipinski definition) is 3. The Morgan fingerprint density at radius 3 is 2.62 bits per heavy atom. The number of aliphatic imine (C=N–C) groups is 1. The number of esters is 1. The molecule has 4 nitrogen and oxygen atoms in total. The first-order chi connectivity index (χ1) is 11.5. The van der Waals surface area contributed by atoms with Gasteiger partial charge in [0, 0.05) is 16.0 Å². The zero-order valence-electron chi connectivity index (χ0n) is 13.3. The molecule has 0 spiro atoms. The predicted octanol–water partition coefficient (Wildman–Crippen LogP) is 4.68. The van der Waals surface area contributed by atoms with E-state index in [1.807, 2.05) is 6.92 Å². The van der Waals surface area contributed by atoms with Gasteiger partial charge in [-0.1, -0.05) is 29.3 Å². The van der Waals surface area contributed by atoms with Crippen LogP contribution in [0.25, 0.3) is 4.85 Å². The van der Waals surface area contributed by atoms with Crippen molar-refractivity contribution < 1.29 is 9.53 Å². The molecule has 0 N–H and O–H groups in total. The fourth-order valence-corrected chi connectivity index (χ4v) is 3.66. The fraction of sp³-hybridized carbons (Fsp3) is 0.389. The molecule has 1 aromatic rings. The highest BCUT2D eigenvalue weighted by molar-refractivity contribution is 6.35. The summed E-state index contributed by atoms with van der Waals surface area (Å²) in [5.74, 6) is -0.681. The van der Waals surface area contributed by atoms with Crippen molar-refractivity contribution in [2.75, 3.05) is 7.11 Å². The third-order valence-electron chi connectivity index (χ3n) is 4.43. The molecule has 1 fully saturated rings. The summed E-state index contributed by atoms with van der Waals surface area (Å²) in [5, 5.41) is 0.947. The first-order valence-electron chi connectivity index (χ1n) is 7.67. The van der Waals surface area contributed by atoms with Crippen LogP contribution in [0, 0.1) is 12.5 Å². The molecule has 6 heteroatoms. The topological polar surface area (TPSA) is 43.0 Å². The summed E-state index contributed by atoms with van der Waals surface area (Å²) in [7, 11) is 1.35. The molecule has 0 saturated heterocycles. The molecular formula is C18H16Cl2N2O2. The van der Waals surface area contributed by atoms with Crippen molar-refractivity contribution in [1.82, 2.24) is 0 Å². The Kier molecular flexibility index (Phi) is 4.67. The molecule has 1 aliphatic heterocycles. The Hall–Kier alpha value is -1.83. The van der Waals surface area contributed by atoms with E-state index >= 15 is 0 Å². The number of hydrogen-bond donors (Lipinski definition) is 0.